The van der Waals surface area contributed by atoms with Gasteiger partial charge in [0.25, 0.3) is 0 Å². The van der Waals surface area contributed by atoms with Gasteiger partial charge in [0.1, 0.15) is 17.2 Å². The van der Waals surface area contributed by atoms with E-state index in [-0.39, 0.29) is 35.0 Å². The molecule has 0 radical (unpaired) electrons. The first-order chi connectivity index (χ1) is 18.3. The van der Waals surface area contributed by atoms with Crippen molar-refractivity contribution in [3.05, 3.63) is 70.8 Å². The molecule has 0 unspecified atom stereocenters. The van der Waals surface area contributed by atoms with Crippen molar-refractivity contribution in [2.45, 2.75) is 19.8 Å². The van der Waals surface area contributed by atoms with E-state index in [2.05, 4.69) is 4.90 Å². The summed E-state index contributed by atoms with van der Waals surface area (Å²) in [6.45, 7) is 3.90. The predicted molar refractivity (Wildman–Crippen MR) is 143 cm³/mol. The van der Waals surface area contributed by atoms with Crippen LogP contribution in [0.2, 0.25) is 0 Å². The van der Waals surface area contributed by atoms with Gasteiger partial charge in [-0.05, 0) is 47.9 Å². The lowest BCUT2D eigenvalue weighted by Crippen LogP contribution is -2.49. The fourth-order valence-corrected chi connectivity index (χ4v) is 4.88. The smallest absolute Gasteiger partial charge is 0.227 e. The van der Waals surface area contributed by atoms with E-state index in [1.807, 2.05) is 13.0 Å². The average Bonchev–Trinajstić information content (AvgIpc) is 2.92. The third kappa shape index (κ3) is 5.32. The summed E-state index contributed by atoms with van der Waals surface area (Å²) < 4.78 is 10.6. The minimum atomic E-state index is -0.491. The second kappa shape index (κ2) is 11.3. The molecule has 1 heterocycles. The number of ketones is 1. The molecule has 9 nitrogen and oxygen atoms in total. The molecular formula is C29H32N2O7. The number of amides is 1. The number of hydrogen-bond donors (Lipinski definition) is 3. The zero-order valence-electron chi connectivity index (χ0n) is 21.7. The summed E-state index contributed by atoms with van der Waals surface area (Å²) in [6, 6.07) is 12.8. The summed E-state index contributed by atoms with van der Waals surface area (Å²) in [5, 5.41) is 31.1. The number of ether oxygens (including phenoxy) is 2. The molecule has 38 heavy (non-hydrogen) atoms. The first kappa shape index (κ1) is 26.7. The van der Waals surface area contributed by atoms with E-state index in [1.54, 1.807) is 35.2 Å². The maximum Gasteiger partial charge on any atom is 0.227 e. The molecule has 200 valence electrons. The number of phenols is 3. The van der Waals surface area contributed by atoms with Crippen molar-refractivity contribution in [3.63, 3.8) is 0 Å². The predicted octanol–water partition coefficient (Wildman–Crippen LogP) is 3.51. The molecule has 0 spiro atoms. The number of aromatic hydroxyl groups is 3. The van der Waals surface area contributed by atoms with Crippen molar-refractivity contribution in [2.24, 2.45) is 0 Å². The Kier molecular flexibility index (Phi) is 7.95. The van der Waals surface area contributed by atoms with Gasteiger partial charge in [0, 0.05) is 49.6 Å². The van der Waals surface area contributed by atoms with Crippen LogP contribution < -0.4 is 14.4 Å². The average molecular weight is 521 g/mol. The van der Waals surface area contributed by atoms with Crippen LogP contribution >= 0.6 is 0 Å². The number of carbonyl (C=O) groups excluding carboxylic acids is 2. The number of carbonyl (C=O) groups is 2. The van der Waals surface area contributed by atoms with Crippen LogP contribution in [0.5, 0.6) is 28.7 Å². The van der Waals surface area contributed by atoms with Gasteiger partial charge in [-0.3, -0.25) is 9.59 Å². The van der Waals surface area contributed by atoms with Crippen molar-refractivity contribution >= 4 is 17.4 Å². The molecule has 9 heteroatoms. The molecule has 3 N–H and O–H groups in total. The SMILES string of the molecule is CCc1c(O)cc(O)c(C(=O)c2ccc(OC)c(OC)c2)c1CC(=O)N1CCN(c2cccc(O)c2)CC1. The number of hydrogen-bond acceptors (Lipinski definition) is 8. The van der Waals surface area contributed by atoms with Crippen LogP contribution in [0, 0.1) is 0 Å². The van der Waals surface area contributed by atoms with Crippen LogP contribution in [0.3, 0.4) is 0 Å². The summed E-state index contributed by atoms with van der Waals surface area (Å²) in [7, 11) is 2.95. The van der Waals surface area contributed by atoms with E-state index >= 15 is 0 Å². The highest BCUT2D eigenvalue weighted by atomic mass is 16.5. The summed E-state index contributed by atoms with van der Waals surface area (Å²) in [5.41, 5.74) is 1.87. The summed E-state index contributed by atoms with van der Waals surface area (Å²) in [4.78, 5) is 30.8. The third-order valence-electron chi connectivity index (χ3n) is 6.89. The second-order valence-corrected chi connectivity index (χ2v) is 9.06. The lowest BCUT2D eigenvalue weighted by molar-refractivity contribution is -0.130. The Hall–Kier alpha value is -4.40. The van der Waals surface area contributed by atoms with Crippen molar-refractivity contribution in [1.82, 2.24) is 4.90 Å². The molecule has 1 amide bonds. The Morgan fingerprint density at radius 3 is 2.18 bits per heavy atom. The van der Waals surface area contributed by atoms with Crippen LogP contribution in [0.1, 0.15) is 34.0 Å². The molecule has 3 aromatic carbocycles. The number of methoxy groups -OCH3 is 2. The number of anilines is 1. The fraction of sp³-hybridized carbons (Fsp3) is 0.310. The Morgan fingerprint density at radius 1 is 0.842 bits per heavy atom. The first-order valence-electron chi connectivity index (χ1n) is 12.4. The maximum absolute atomic E-state index is 13.6. The van der Waals surface area contributed by atoms with Gasteiger partial charge in [-0.2, -0.15) is 0 Å². The number of nitrogens with zero attached hydrogens (tertiary/aromatic N) is 2. The topological polar surface area (TPSA) is 120 Å². The third-order valence-corrected chi connectivity index (χ3v) is 6.89. The largest absolute Gasteiger partial charge is 0.508 e. The number of benzene rings is 3. The summed E-state index contributed by atoms with van der Waals surface area (Å²) in [6.07, 6.45) is 0.220. The van der Waals surface area contributed by atoms with E-state index in [0.717, 1.165) is 11.8 Å². The highest BCUT2D eigenvalue weighted by molar-refractivity contribution is 6.12. The van der Waals surface area contributed by atoms with Crippen molar-refractivity contribution < 1.29 is 34.4 Å². The molecule has 0 aromatic heterocycles. The molecule has 1 aliphatic rings. The first-order valence-corrected chi connectivity index (χ1v) is 12.4. The van der Waals surface area contributed by atoms with Gasteiger partial charge in [0.05, 0.1) is 26.2 Å². The standard InChI is InChI=1S/C29H32N2O7/c1-4-21-22(16-27(35)31-12-10-30(11-13-31)19-6-5-7-20(32)15-19)28(24(34)17-23(21)33)29(36)18-8-9-25(37-2)26(14-18)38-3/h5-9,14-15,17,32-34H,4,10-13,16H2,1-3H3. The van der Waals surface area contributed by atoms with Gasteiger partial charge in [-0.1, -0.05) is 13.0 Å². The van der Waals surface area contributed by atoms with Crippen LogP contribution in [0.4, 0.5) is 5.69 Å². The minimum Gasteiger partial charge on any atom is -0.508 e. The van der Waals surface area contributed by atoms with Gasteiger partial charge >= 0.3 is 0 Å². The molecule has 0 atom stereocenters. The molecular weight excluding hydrogens is 488 g/mol. The molecule has 3 aromatic rings. The molecule has 1 fully saturated rings. The Bertz CT molecular complexity index is 1350. The molecule has 0 bridgehead atoms. The lowest BCUT2D eigenvalue weighted by Gasteiger charge is -2.36. The van der Waals surface area contributed by atoms with Crippen LogP contribution in [-0.4, -0.2) is 72.3 Å². The fourth-order valence-electron chi connectivity index (χ4n) is 4.88. The summed E-state index contributed by atoms with van der Waals surface area (Å²) in [5.74, 6) is -0.260. The molecule has 0 aliphatic carbocycles. The highest BCUT2D eigenvalue weighted by Crippen LogP contribution is 2.36. The van der Waals surface area contributed by atoms with E-state index in [4.69, 9.17) is 9.47 Å². The monoisotopic (exact) mass is 520 g/mol. The Morgan fingerprint density at radius 2 is 1.55 bits per heavy atom. The van der Waals surface area contributed by atoms with E-state index < -0.39 is 11.5 Å². The van der Waals surface area contributed by atoms with Gasteiger partial charge in [0.2, 0.25) is 5.91 Å². The number of phenolic OH excluding ortho intramolecular Hbond substituents is 3. The quantitative estimate of drug-likeness (QED) is 0.386. The van der Waals surface area contributed by atoms with Gasteiger partial charge in [-0.15, -0.1) is 0 Å². The van der Waals surface area contributed by atoms with Crippen LogP contribution in [0.15, 0.2) is 48.5 Å². The van der Waals surface area contributed by atoms with Crippen molar-refractivity contribution in [1.29, 1.82) is 0 Å². The van der Waals surface area contributed by atoms with Crippen molar-refractivity contribution in [2.75, 3.05) is 45.3 Å². The summed E-state index contributed by atoms with van der Waals surface area (Å²) >= 11 is 0. The number of rotatable bonds is 8. The maximum atomic E-state index is 13.6. The Labute approximate surface area is 221 Å². The van der Waals surface area contributed by atoms with E-state index in [0.29, 0.717) is 55.2 Å². The normalized spacial score (nSPS) is 13.3. The zero-order valence-corrected chi connectivity index (χ0v) is 21.7. The lowest BCUT2D eigenvalue weighted by atomic mass is 9.89. The number of piperazine rings is 1. The van der Waals surface area contributed by atoms with Gasteiger partial charge in [0.15, 0.2) is 17.3 Å². The van der Waals surface area contributed by atoms with E-state index in [1.165, 1.54) is 20.3 Å². The second-order valence-electron chi connectivity index (χ2n) is 9.06. The van der Waals surface area contributed by atoms with E-state index in [9.17, 15) is 24.9 Å². The minimum absolute atomic E-state index is 0.0152. The highest BCUT2D eigenvalue weighted by Gasteiger charge is 2.28. The van der Waals surface area contributed by atoms with Gasteiger partial charge < -0.3 is 34.6 Å². The van der Waals surface area contributed by atoms with Crippen LogP contribution in [0.25, 0.3) is 0 Å². The van der Waals surface area contributed by atoms with Crippen LogP contribution in [-0.2, 0) is 17.6 Å². The Balaban J connectivity index is 1.61. The van der Waals surface area contributed by atoms with Crippen molar-refractivity contribution in [3.8, 4) is 28.7 Å². The zero-order chi connectivity index (χ0) is 27.4. The molecule has 1 aliphatic heterocycles. The molecule has 1 saturated heterocycles. The molecule has 4 rings (SSSR count). The molecule has 0 saturated carbocycles. The van der Waals surface area contributed by atoms with Gasteiger partial charge in [-0.25, -0.2) is 0 Å².